The molecule has 0 fully saturated rings. The molecule has 0 radical (unpaired) electrons. The van der Waals surface area contributed by atoms with E-state index in [-0.39, 0.29) is 5.56 Å². The van der Waals surface area contributed by atoms with Gasteiger partial charge in [0, 0.05) is 16.0 Å². The van der Waals surface area contributed by atoms with Crippen LogP contribution in [0.4, 0.5) is 0 Å². The van der Waals surface area contributed by atoms with E-state index in [0.717, 1.165) is 32.1 Å². The third-order valence-electron chi connectivity index (χ3n) is 5.20. The van der Waals surface area contributed by atoms with E-state index >= 15 is 0 Å². The second-order valence-corrected chi connectivity index (χ2v) is 9.61. The highest BCUT2D eigenvalue weighted by Gasteiger charge is 2.17. The second-order valence-electron chi connectivity index (χ2n) is 7.48. The number of benzene rings is 2. The topological polar surface area (TPSA) is 93.9 Å². The summed E-state index contributed by atoms with van der Waals surface area (Å²) in [6, 6.07) is 15.6. The average molecular weight is 477 g/mol. The van der Waals surface area contributed by atoms with E-state index in [1.54, 1.807) is 7.11 Å². The molecule has 1 N–H and O–H groups in total. The number of ether oxygens (including phenoxy) is 1. The van der Waals surface area contributed by atoms with Crippen LogP contribution < -0.4 is 10.3 Å². The van der Waals surface area contributed by atoms with Crippen molar-refractivity contribution in [3.8, 4) is 28.3 Å². The Hall–Kier alpha value is -3.43. The summed E-state index contributed by atoms with van der Waals surface area (Å²) >= 11 is 2.86. The molecule has 0 atom stereocenters. The molecule has 2 aromatic carbocycles. The monoisotopic (exact) mass is 476 g/mol. The van der Waals surface area contributed by atoms with Crippen LogP contribution in [0.1, 0.15) is 16.3 Å². The molecule has 0 aliphatic rings. The van der Waals surface area contributed by atoms with Crippen molar-refractivity contribution >= 4 is 33.3 Å². The fourth-order valence-corrected chi connectivity index (χ4v) is 5.25. The Morgan fingerprint density at radius 2 is 1.76 bits per heavy atom. The van der Waals surface area contributed by atoms with Crippen molar-refractivity contribution < 1.29 is 9.15 Å². The number of hydrogen-bond donors (Lipinski definition) is 1. The molecule has 0 amide bonds. The lowest BCUT2D eigenvalue weighted by Crippen LogP contribution is -2.10. The summed E-state index contributed by atoms with van der Waals surface area (Å²) in [6.07, 6.45) is 0. The summed E-state index contributed by atoms with van der Waals surface area (Å²) < 4.78 is 10.9. The van der Waals surface area contributed by atoms with Crippen molar-refractivity contribution in [2.24, 2.45) is 0 Å². The van der Waals surface area contributed by atoms with Crippen LogP contribution in [-0.4, -0.2) is 27.3 Å². The molecule has 0 spiro atoms. The van der Waals surface area contributed by atoms with Crippen molar-refractivity contribution in [2.45, 2.75) is 24.8 Å². The number of aromatic amines is 1. The highest BCUT2D eigenvalue weighted by Crippen LogP contribution is 2.36. The quantitative estimate of drug-likeness (QED) is 0.318. The number of H-pyrrole nitrogens is 1. The number of nitrogens with one attached hydrogen (secondary N) is 1. The largest absolute Gasteiger partial charge is 0.497 e. The van der Waals surface area contributed by atoms with Gasteiger partial charge in [0.1, 0.15) is 16.4 Å². The molecule has 0 aliphatic heterocycles. The summed E-state index contributed by atoms with van der Waals surface area (Å²) in [4.78, 5) is 22.4. The molecule has 0 aliphatic carbocycles. The first kappa shape index (κ1) is 21.4. The molecule has 3 aromatic heterocycles. The van der Waals surface area contributed by atoms with Gasteiger partial charge in [-0.15, -0.1) is 21.5 Å². The predicted octanol–water partition coefficient (Wildman–Crippen LogP) is 5.62. The normalized spacial score (nSPS) is 11.2. The van der Waals surface area contributed by atoms with Gasteiger partial charge in [-0.2, -0.15) is 0 Å². The van der Waals surface area contributed by atoms with E-state index in [1.807, 2.05) is 50.2 Å². The fourth-order valence-electron chi connectivity index (χ4n) is 3.55. The van der Waals surface area contributed by atoms with E-state index < -0.39 is 0 Å². The standard InChI is InChI=1S/C24H20N4O3S2/c1-13-4-6-15(7-5-13)19-14(2)33-23-20(19)21(29)25-18(26-23)12-32-24-28-27-22(31-24)16-8-10-17(30-3)11-9-16/h4-11H,12H2,1-3H3,(H,25,26,29). The maximum Gasteiger partial charge on any atom is 0.277 e. The minimum Gasteiger partial charge on any atom is -0.497 e. The van der Waals surface area contributed by atoms with Crippen LogP contribution in [0.15, 0.2) is 63.0 Å². The zero-order chi connectivity index (χ0) is 22.9. The number of rotatable bonds is 6. The summed E-state index contributed by atoms with van der Waals surface area (Å²) in [5, 5.41) is 9.25. The van der Waals surface area contributed by atoms with Gasteiger partial charge in [0.2, 0.25) is 5.89 Å². The first-order chi connectivity index (χ1) is 16.0. The maximum absolute atomic E-state index is 13.0. The smallest absolute Gasteiger partial charge is 0.277 e. The second kappa shape index (κ2) is 8.84. The van der Waals surface area contributed by atoms with E-state index in [9.17, 15) is 4.79 Å². The predicted molar refractivity (Wildman–Crippen MR) is 131 cm³/mol. The van der Waals surface area contributed by atoms with Crippen LogP contribution >= 0.6 is 23.1 Å². The average Bonchev–Trinajstić information content (AvgIpc) is 3.43. The van der Waals surface area contributed by atoms with Crippen LogP contribution in [0.25, 0.3) is 32.8 Å². The highest BCUT2D eigenvalue weighted by atomic mass is 32.2. The minimum atomic E-state index is -0.139. The number of nitrogens with zero attached hydrogens (tertiary/aromatic N) is 3. The number of aromatic nitrogens is 4. The number of thiophene rings is 1. The Morgan fingerprint density at radius 3 is 2.48 bits per heavy atom. The molecule has 0 unspecified atom stereocenters. The molecule has 3 heterocycles. The molecule has 0 bridgehead atoms. The lowest BCUT2D eigenvalue weighted by molar-refractivity contribution is 0.414. The Labute approximate surface area is 197 Å². The fraction of sp³-hybridized carbons (Fsp3) is 0.167. The molecule has 5 rings (SSSR count). The van der Waals surface area contributed by atoms with Crippen molar-refractivity contribution in [3.63, 3.8) is 0 Å². The van der Waals surface area contributed by atoms with E-state index in [1.165, 1.54) is 28.7 Å². The molecule has 166 valence electrons. The first-order valence-electron chi connectivity index (χ1n) is 10.2. The zero-order valence-corrected chi connectivity index (χ0v) is 19.8. The van der Waals surface area contributed by atoms with Crippen LogP contribution in [0.3, 0.4) is 0 Å². The summed E-state index contributed by atoms with van der Waals surface area (Å²) in [5.41, 5.74) is 3.82. The Bertz CT molecular complexity index is 1490. The molecule has 0 saturated heterocycles. The van der Waals surface area contributed by atoms with Gasteiger partial charge >= 0.3 is 0 Å². The third kappa shape index (κ3) is 4.29. The molecular formula is C24H20N4O3S2. The number of fused-ring (bicyclic) bond motifs is 1. The van der Waals surface area contributed by atoms with Gasteiger partial charge in [-0.3, -0.25) is 4.79 Å². The van der Waals surface area contributed by atoms with Crippen molar-refractivity contribution in [2.75, 3.05) is 7.11 Å². The van der Waals surface area contributed by atoms with Crippen molar-refractivity contribution in [3.05, 3.63) is 75.1 Å². The molecule has 33 heavy (non-hydrogen) atoms. The van der Waals surface area contributed by atoms with Gasteiger partial charge in [-0.05, 0) is 43.7 Å². The van der Waals surface area contributed by atoms with Gasteiger partial charge in [0.25, 0.3) is 10.8 Å². The van der Waals surface area contributed by atoms with Gasteiger partial charge in [-0.1, -0.05) is 41.6 Å². The van der Waals surface area contributed by atoms with Crippen molar-refractivity contribution in [1.82, 2.24) is 20.2 Å². The Morgan fingerprint density at radius 1 is 1.03 bits per heavy atom. The lowest BCUT2D eigenvalue weighted by atomic mass is 10.0. The number of aryl methyl sites for hydroxylation is 2. The van der Waals surface area contributed by atoms with Crippen molar-refractivity contribution in [1.29, 1.82) is 0 Å². The number of hydrogen-bond acceptors (Lipinski definition) is 8. The van der Waals surface area contributed by atoms with Crippen LogP contribution in [-0.2, 0) is 5.75 Å². The summed E-state index contributed by atoms with van der Waals surface area (Å²) in [7, 11) is 1.62. The zero-order valence-electron chi connectivity index (χ0n) is 18.2. The summed E-state index contributed by atoms with van der Waals surface area (Å²) in [5.74, 6) is 2.16. The van der Waals surface area contributed by atoms with Gasteiger partial charge in [0.05, 0.1) is 18.2 Å². The third-order valence-corrected chi connectivity index (χ3v) is 7.03. The minimum absolute atomic E-state index is 0.139. The lowest BCUT2D eigenvalue weighted by Gasteiger charge is -2.03. The van der Waals surface area contributed by atoms with Gasteiger partial charge in [0.15, 0.2) is 0 Å². The molecule has 5 aromatic rings. The van der Waals surface area contributed by atoms with E-state index in [2.05, 4.69) is 27.3 Å². The molecular weight excluding hydrogens is 456 g/mol. The van der Waals surface area contributed by atoms with E-state index in [0.29, 0.717) is 28.1 Å². The maximum atomic E-state index is 13.0. The van der Waals surface area contributed by atoms with Crippen LogP contribution in [0.5, 0.6) is 5.75 Å². The Kier molecular flexibility index (Phi) is 5.74. The van der Waals surface area contributed by atoms with Gasteiger partial charge < -0.3 is 14.1 Å². The molecule has 7 nitrogen and oxygen atoms in total. The first-order valence-corrected chi connectivity index (χ1v) is 12.0. The van der Waals surface area contributed by atoms with E-state index in [4.69, 9.17) is 14.1 Å². The SMILES string of the molecule is COc1ccc(-c2nnc(SCc3nc4sc(C)c(-c5ccc(C)cc5)c4c(=O)[nH]3)o2)cc1. The number of methoxy groups -OCH3 is 1. The van der Waals surface area contributed by atoms with Gasteiger partial charge in [-0.25, -0.2) is 4.98 Å². The number of thioether (sulfide) groups is 1. The molecule has 9 heteroatoms. The van der Waals surface area contributed by atoms with Crippen LogP contribution in [0.2, 0.25) is 0 Å². The highest BCUT2D eigenvalue weighted by molar-refractivity contribution is 7.98. The van der Waals surface area contributed by atoms with Crippen LogP contribution in [0, 0.1) is 13.8 Å². The Balaban J connectivity index is 1.37. The molecule has 0 saturated carbocycles. The summed E-state index contributed by atoms with van der Waals surface area (Å²) in [6.45, 7) is 4.07.